The van der Waals surface area contributed by atoms with Gasteiger partial charge in [0, 0.05) is 27.2 Å². The highest BCUT2D eigenvalue weighted by molar-refractivity contribution is 14.1. The number of carbonyl (C=O) groups excluding carboxylic acids is 1. The Morgan fingerprint density at radius 3 is 2.94 bits per heavy atom. The van der Waals surface area contributed by atoms with E-state index in [2.05, 4.69) is 32.9 Å². The zero-order valence-electron chi connectivity index (χ0n) is 9.30. The van der Waals surface area contributed by atoms with Gasteiger partial charge in [-0.2, -0.15) is 0 Å². The van der Waals surface area contributed by atoms with Crippen LogP contribution in [0.1, 0.15) is 10.4 Å². The predicted molar refractivity (Wildman–Crippen MR) is 75.6 cm³/mol. The Morgan fingerprint density at radius 2 is 2.22 bits per heavy atom. The lowest BCUT2D eigenvalue weighted by atomic mass is 10.1. The molecule has 1 amide bonds. The standard InChI is InChI=1S/C12H10FIN2O2/c13-3-4-15-12(18)9-6-16-10-2-1-7(14)5-8(10)11(9)17/h1-2,5-6H,3-4H2,(H,15,18)(H,16,17). The van der Waals surface area contributed by atoms with Gasteiger partial charge in [-0.25, -0.2) is 4.39 Å². The minimum atomic E-state index is -0.658. The van der Waals surface area contributed by atoms with Gasteiger partial charge in [0.25, 0.3) is 5.91 Å². The van der Waals surface area contributed by atoms with Gasteiger partial charge in [-0.1, -0.05) is 0 Å². The highest BCUT2D eigenvalue weighted by Crippen LogP contribution is 2.12. The summed E-state index contributed by atoms with van der Waals surface area (Å²) in [7, 11) is 0. The molecule has 0 unspecified atom stereocenters. The summed E-state index contributed by atoms with van der Waals surface area (Å²) in [5, 5.41) is 2.79. The minimum Gasteiger partial charge on any atom is -0.360 e. The second kappa shape index (κ2) is 5.47. The normalized spacial score (nSPS) is 10.6. The summed E-state index contributed by atoms with van der Waals surface area (Å²) < 4.78 is 12.9. The van der Waals surface area contributed by atoms with Crippen LogP contribution < -0.4 is 10.7 Å². The molecule has 0 atom stereocenters. The van der Waals surface area contributed by atoms with Gasteiger partial charge in [-0.3, -0.25) is 9.59 Å². The number of carbonyl (C=O) groups is 1. The highest BCUT2D eigenvalue weighted by Gasteiger charge is 2.12. The second-order valence-corrected chi connectivity index (χ2v) is 4.91. The molecule has 0 bridgehead atoms. The van der Waals surface area contributed by atoms with E-state index in [1.54, 1.807) is 12.1 Å². The molecule has 2 N–H and O–H groups in total. The number of hydrogen-bond donors (Lipinski definition) is 2. The second-order valence-electron chi connectivity index (χ2n) is 3.67. The van der Waals surface area contributed by atoms with Crippen LogP contribution in [0.5, 0.6) is 0 Å². The average Bonchev–Trinajstić information content (AvgIpc) is 2.37. The Hall–Kier alpha value is -1.44. The number of aromatic amines is 1. The summed E-state index contributed by atoms with van der Waals surface area (Å²) in [6.07, 6.45) is 1.35. The quantitative estimate of drug-likeness (QED) is 0.821. The van der Waals surface area contributed by atoms with E-state index >= 15 is 0 Å². The van der Waals surface area contributed by atoms with E-state index in [-0.39, 0.29) is 17.5 Å². The topological polar surface area (TPSA) is 62.0 Å². The first-order chi connectivity index (χ1) is 8.63. The maximum atomic E-state index is 12.1. The number of H-pyrrole nitrogens is 1. The van der Waals surface area contributed by atoms with Crippen molar-refractivity contribution in [2.45, 2.75) is 0 Å². The first kappa shape index (κ1) is 13.0. The molecule has 0 saturated heterocycles. The lowest BCUT2D eigenvalue weighted by Gasteiger charge is -2.04. The fourth-order valence-corrected chi connectivity index (χ4v) is 2.11. The van der Waals surface area contributed by atoms with Crippen LogP contribution in [0.3, 0.4) is 0 Å². The Kier molecular flexibility index (Phi) is 3.95. The van der Waals surface area contributed by atoms with Gasteiger partial charge in [0.2, 0.25) is 5.43 Å². The Morgan fingerprint density at radius 1 is 1.44 bits per heavy atom. The number of aromatic nitrogens is 1. The molecule has 0 aliphatic carbocycles. The van der Waals surface area contributed by atoms with E-state index in [4.69, 9.17) is 0 Å². The van der Waals surface area contributed by atoms with Crippen LogP contribution in [-0.4, -0.2) is 24.1 Å². The predicted octanol–water partition coefficient (Wildman–Crippen LogP) is 1.83. The van der Waals surface area contributed by atoms with E-state index in [0.29, 0.717) is 10.9 Å². The SMILES string of the molecule is O=C(NCCF)c1c[nH]c2ccc(I)cc2c1=O. The van der Waals surface area contributed by atoms with Gasteiger partial charge in [0.05, 0.1) is 0 Å². The van der Waals surface area contributed by atoms with Gasteiger partial charge in [-0.05, 0) is 40.8 Å². The molecule has 4 nitrogen and oxygen atoms in total. The molecule has 1 aromatic heterocycles. The van der Waals surface area contributed by atoms with Crippen LogP contribution >= 0.6 is 22.6 Å². The summed E-state index contributed by atoms with van der Waals surface area (Å²) in [6, 6.07) is 5.35. The maximum Gasteiger partial charge on any atom is 0.256 e. The molecule has 0 fully saturated rings. The van der Waals surface area contributed by atoms with Crippen molar-refractivity contribution in [2.75, 3.05) is 13.2 Å². The first-order valence-electron chi connectivity index (χ1n) is 5.28. The minimum absolute atomic E-state index is 0.00190. The fraction of sp³-hybridized carbons (Fsp3) is 0.167. The van der Waals surface area contributed by atoms with E-state index < -0.39 is 12.6 Å². The Balaban J connectivity index is 2.50. The molecule has 0 aliphatic rings. The molecule has 2 rings (SSSR count). The number of hydrogen-bond acceptors (Lipinski definition) is 2. The summed E-state index contributed by atoms with van der Waals surface area (Å²) in [4.78, 5) is 26.6. The van der Waals surface area contributed by atoms with Crippen molar-refractivity contribution in [1.82, 2.24) is 10.3 Å². The van der Waals surface area contributed by atoms with Crippen molar-refractivity contribution in [2.24, 2.45) is 0 Å². The third kappa shape index (κ3) is 2.53. The van der Waals surface area contributed by atoms with Gasteiger partial charge < -0.3 is 10.3 Å². The zero-order chi connectivity index (χ0) is 13.1. The molecule has 0 spiro atoms. The van der Waals surface area contributed by atoms with Crippen LogP contribution in [-0.2, 0) is 0 Å². The van der Waals surface area contributed by atoms with Gasteiger partial charge in [0.15, 0.2) is 0 Å². The van der Waals surface area contributed by atoms with Crippen molar-refractivity contribution in [1.29, 1.82) is 0 Å². The molecular weight excluding hydrogens is 350 g/mol. The zero-order valence-corrected chi connectivity index (χ0v) is 11.5. The molecule has 6 heteroatoms. The first-order valence-corrected chi connectivity index (χ1v) is 6.36. The van der Waals surface area contributed by atoms with Gasteiger partial charge in [0.1, 0.15) is 12.2 Å². The number of amides is 1. The third-order valence-electron chi connectivity index (χ3n) is 2.47. The summed E-state index contributed by atoms with van der Waals surface area (Å²) in [5.74, 6) is -0.560. The smallest absolute Gasteiger partial charge is 0.256 e. The molecule has 0 aliphatic heterocycles. The largest absolute Gasteiger partial charge is 0.360 e. The molecule has 0 radical (unpaired) electrons. The van der Waals surface area contributed by atoms with E-state index in [1.165, 1.54) is 6.20 Å². The molecule has 2 aromatic rings. The number of nitrogens with one attached hydrogen (secondary N) is 2. The average molecular weight is 360 g/mol. The maximum absolute atomic E-state index is 12.1. The number of fused-ring (bicyclic) bond motifs is 1. The summed E-state index contributed by atoms with van der Waals surface area (Å²) in [6.45, 7) is -0.752. The van der Waals surface area contributed by atoms with Crippen molar-refractivity contribution in [3.8, 4) is 0 Å². The summed E-state index contributed by atoms with van der Waals surface area (Å²) >= 11 is 2.09. The van der Waals surface area contributed by atoms with Crippen LogP contribution in [0.2, 0.25) is 0 Å². The number of pyridine rings is 1. The van der Waals surface area contributed by atoms with Crippen molar-refractivity contribution < 1.29 is 9.18 Å². The molecule has 18 heavy (non-hydrogen) atoms. The number of rotatable bonds is 3. The number of alkyl halides is 1. The van der Waals surface area contributed by atoms with E-state index in [1.807, 2.05) is 6.07 Å². The van der Waals surface area contributed by atoms with Crippen molar-refractivity contribution >= 4 is 39.4 Å². The van der Waals surface area contributed by atoms with E-state index in [9.17, 15) is 14.0 Å². The van der Waals surface area contributed by atoms with Crippen LogP contribution in [0.4, 0.5) is 4.39 Å². The molecular formula is C12H10FIN2O2. The number of halogens is 2. The molecule has 0 saturated carbocycles. The van der Waals surface area contributed by atoms with Crippen LogP contribution in [0, 0.1) is 3.57 Å². The van der Waals surface area contributed by atoms with Crippen molar-refractivity contribution in [3.05, 3.63) is 43.8 Å². The van der Waals surface area contributed by atoms with E-state index in [0.717, 1.165) is 3.57 Å². The van der Waals surface area contributed by atoms with Gasteiger partial charge >= 0.3 is 0 Å². The monoisotopic (exact) mass is 360 g/mol. The Labute approximate surface area is 116 Å². The van der Waals surface area contributed by atoms with Crippen LogP contribution in [0.25, 0.3) is 10.9 Å². The fourth-order valence-electron chi connectivity index (χ4n) is 1.62. The lowest BCUT2D eigenvalue weighted by molar-refractivity contribution is 0.0949. The molecule has 1 aromatic carbocycles. The Bertz CT molecular complexity index is 654. The lowest BCUT2D eigenvalue weighted by Crippen LogP contribution is -2.30. The molecule has 1 heterocycles. The number of benzene rings is 1. The highest BCUT2D eigenvalue weighted by atomic mass is 127. The van der Waals surface area contributed by atoms with Crippen LogP contribution in [0.15, 0.2) is 29.2 Å². The molecule has 94 valence electrons. The van der Waals surface area contributed by atoms with Gasteiger partial charge in [-0.15, -0.1) is 0 Å². The third-order valence-corrected chi connectivity index (χ3v) is 3.14. The summed E-state index contributed by atoms with van der Waals surface area (Å²) in [5.41, 5.74) is 0.319. The van der Waals surface area contributed by atoms with Crippen molar-refractivity contribution in [3.63, 3.8) is 0 Å².